The molecule has 0 aromatic heterocycles. The van der Waals surface area contributed by atoms with Crippen molar-refractivity contribution in [1.82, 2.24) is 4.31 Å². The van der Waals surface area contributed by atoms with Crippen molar-refractivity contribution < 1.29 is 27.8 Å². The number of aryl methyl sites for hydroxylation is 1. The van der Waals surface area contributed by atoms with Crippen LogP contribution in [0.15, 0.2) is 23.1 Å². The normalized spacial score (nSPS) is 27.7. The second-order valence-electron chi connectivity index (χ2n) is 6.45. The Bertz CT molecular complexity index is 762. The molecule has 0 saturated carbocycles. The first-order chi connectivity index (χ1) is 11.3. The van der Waals surface area contributed by atoms with Crippen molar-refractivity contribution in [2.45, 2.75) is 18.2 Å². The van der Waals surface area contributed by atoms with Gasteiger partial charge in [0.2, 0.25) is 10.0 Å². The fourth-order valence-corrected chi connectivity index (χ4v) is 5.35. The van der Waals surface area contributed by atoms with E-state index in [0.29, 0.717) is 13.0 Å². The van der Waals surface area contributed by atoms with E-state index in [1.807, 2.05) is 0 Å². The summed E-state index contributed by atoms with van der Waals surface area (Å²) in [4.78, 5) is 11.9. The van der Waals surface area contributed by atoms with Gasteiger partial charge in [0, 0.05) is 19.7 Å². The summed E-state index contributed by atoms with van der Waals surface area (Å²) in [6.45, 7) is 2.42. The first-order valence-corrected chi connectivity index (χ1v) is 9.21. The molecule has 2 aliphatic heterocycles. The van der Waals surface area contributed by atoms with E-state index in [4.69, 9.17) is 9.47 Å². The molecule has 8 heteroatoms. The molecule has 132 valence electrons. The topological polar surface area (TPSA) is 93.1 Å². The van der Waals surface area contributed by atoms with Gasteiger partial charge in [-0.05, 0) is 37.0 Å². The lowest BCUT2D eigenvalue weighted by atomic mass is 9.76. The predicted molar refractivity (Wildman–Crippen MR) is 85.5 cm³/mol. The molecule has 0 aliphatic carbocycles. The van der Waals surface area contributed by atoms with E-state index in [9.17, 15) is 18.3 Å². The second kappa shape index (κ2) is 6.02. The van der Waals surface area contributed by atoms with Crippen LogP contribution in [-0.2, 0) is 19.6 Å². The van der Waals surface area contributed by atoms with E-state index in [-0.39, 0.29) is 36.3 Å². The van der Waals surface area contributed by atoms with Crippen molar-refractivity contribution in [3.8, 4) is 5.75 Å². The van der Waals surface area contributed by atoms with Gasteiger partial charge in [0.25, 0.3) is 0 Å². The van der Waals surface area contributed by atoms with Crippen LogP contribution in [0, 0.1) is 18.3 Å². The molecule has 2 atom stereocenters. The fourth-order valence-electron chi connectivity index (χ4n) is 3.55. The molecule has 2 fully saturated rings. The molecule has 1 aromatic carbocycles. The third kappa shape index (κ3) is 2.58. The number of sulfonamides is 1. The summed E-state index contributed by atoms with van der Waals surface area (Å²) in [5.74, 6) is -0.980. The van der Waals surface area contributed by atoms with Crippen LogP contribution in [0.5, 0.6) is 5.75 Å². The highest BCUT2D eigenvalue weighted by Crippen LogP contribution is 2.44. The molecule has 2 aliphatic rings. The van der Waals surface area contributed by atoms with Crippen LogP contribution >= 0.6 is 0 Å². The number of rotatable bonds is 4. The molecule has 0 amide bonds. The molecule has 0 spiro atoms. The molecule has 0 radical (unpaired) electrons. The van der Waals surface area contributed by atoms with Gasteiger partial charge in [-0.3, -0.25) is 4.79 Å². The van der Waals surface area contributed by atoms with Crippen molar-refractivity contribution in [2.24, 2.45) is 11.3 Å². The summed E-state index contributed by atoms with van der Waals surface area (Å²) >= 11 is 0. The van der Waals surface area contributed by atoms with Crippen LogP contribution in [-0.4, -0.2) is 57.2 Å². The summed E-state index contributed by atoms with van der Waals surface area (Å²) in [5, 5.41) is 9.67. The molecule has 0 bridgehead atoms. The highest BCUT2D eigenvalue weighted by atomic mass is 32.2. The summed E-state index contributed by atoms with van der Waals surface area (Å²) in [5.41, 5.74) is -0.371. The zero-order chi connectivity index (χ0) is 17.5. The monoisotopic (exact) mass is 355 g/mol. The number of carbonyl (C=O) groups is 1. The van der Waals surface area contributed by atoms with Gasteiger partial charge in [-0.1, -0.05) is 6.07 Å². The highest BCUT2D eigenvalue weighted by molar-refractivity contribution is 7.89. The largest absolute Gasteiger partial charge is 0.495 e. The molecular weight excluding hydrogens is 334 g/mol. The van der Waals surface area contributed by atoms with E-state index in [1.165, 1.54) is 11.4 Å². The number of nitrogens with zero attached hydrogens (tertiary/aromatic N) is 1. The van der Waals surface area contributed by atoms with Crippen molar-refractivity contribution >= 4 is 16.0 Å². The van der Waals surface area contributed by atoms with Gasteiger partial charge in [-0.2, -0.15) is 4.31 Å². The van der Waals surface area contributed by atoms with E-state index in [1.54, 1.807) is 25.1 Å². The summed E-state index contributed by atoms with van der Waals surface area (Å²) < 4.78 is 38.0. The highest BCUT2D eigenvalue weighted by Gasteiger charge is 2.56. The second-order valence-corrected chi connectivity index (χ2v) is 8.36. The van der Waals surface area contributed by atoms with Gasteiger partial charge >= 0.3 is 5.97 Å². The number of aliphatic carboxylic acids is 1. The van der Waals surface area contributed by atoms with Gasteiger partial charge in [0.15, 0.2) is 0 Å². The number of carboxylic acids is 1. The average Bonchev–Trinajstić information content (AvgIpc) is 2.96. The Morgan fingerprint density at radius 3 is 2.83 bits per heavy atom. The third-order valence-electron chi connectivity index (χ3n) is 5.00. The van der Waals surface area contributed by atoms with E-state index in [2.05, 4.69) is 0 Å². The summed E-state index contributed by atoms with van der Waals surface area (Å²) in [6, 6.07) is 4.94. The molecule has 24 heavy (non-hydrogen) atoms. The maximum absolute atomic E-state index is 13.1. The number of carboxylic acid groups (broad SMARTS) is 1. The molecule has 2 saturated heterocycles. The number of methoxy groups -OCH3 is 1. The zero-order valence-electron chi connectivity index (χ0n) is 13.7. The van der Waals surface area contributed by atoms with E-state index < -0.39 is 21.4 Å². The molecule has 7 nitrogen and oxygen atoms in total. The Hall–Kier alpha value is -1.64. The van der Waals surface area contributed by atoms with Crippen LogP contribution in [0.4, 0.5) is 0 Å². The number of hydrogen-bond acceptors (Lipinski definition) is 5. The summed E-state index contributed by atoms with van der Waals surface area (Å²) in [6.07, 6.45) is 0.545. The van der Waals surface area contributed by atoms with Crippen LogP contribution in [0.3, 0.4) is 0 Å². The third-order valence-corrected chi connectivity index (χ3v) is 6.83. The number of fused-ring (bicyclic) bond motifs is 1. The Labute approximate surface area is 141 Å². The maximum atomic E-state index is 13.1. The maximum Gasteiger partial charge on any atom is 0.313 e. The molecule has 0 unspecified atom stereocenters. The Balaban J connectivity index is 2.00. The van der Waals surface area contributed by atoms with Gasteiger partial charge in [0.05, 0.1) is 13.7 Å². The quantitative estimate of drug-likeness (QED) is 0.870. The van der Waals surface area contributed by atoms with Crippen molar-refractivity contribution in [3.05, 3.63) is 23.8 Å². The predicted octanol–water partition coefficient (Wildman–Crippen LogP) is 1.12. The fraction of sp³-hybridized carbons (Fsp3) is 0.562. The lowest BCUT2D eigenvalue weighted by Gasteiger charge is -2.34. The number of hydrogen-bond donors (Lipinski definition) is 1. The van der Waals surface area contributed by atoms with Gasteiger partial charge < -0.3 is 14.6 Å². The lowest BCUT2D eigenvalue weighted by molar-refractivity contribution is -0.159. The summed E-state index contributed by atoms with van der Waals surface area (Å²) in [7, 11) is -2.43. The molecule has 1 aromatic rings. The molecule has 1 N–H and O–H groups in total. The van der Waals surface area contributed by atoms with Crippen molar-refractivity contribution in [3.63, 3.8) is 0 Å². The Kier molecular flexibility index (Phi) is 4.31. The minimum atomic E-state index is -3.84. The SMILES string of the molecule is COc1ccc(C)cc1S(=O)(=O)N1C[C@@H]2CCOC[C@]2(C(=O)O)C1. The van der Waals surface area contributed by atoms with Gasteiger partial charge in [0.1, 0.15) is 16.1 Å². The minimum Gasteiger partial charge on any atom is -0.495 e. The van der Waals surface area contributed by atoms with Gasteiger partial charge in [-0.15, -0.1) is 0 Å². The zero-order valence-corrected chi connectivity index (χ0v) is 14.5. The Morgan fingerprint density at radius 1 is 1.46 bits per heavy atom. The van der Waals surface area contributed by atoms with Crippen molar-refractivity contribution in [1.29, 1.82) is 0 Å². The lowest BCUT2D eigenvalue weighted by Crippen LogP contribution is -2.46. The van der Waals surface area contributed by atoms with Crippen molar-refractivity contribution in [2.75, 3.05) is 33.4 Å². The smallest absolute Gasteiger partial charge is 0.313 e. The van der Waals surface area contributed by atoms with E-state index >= 15 is 0 Å². The van der Waals surface area contributed by atoms with Crippen LogP contribution in [0.25, 0.3) is 0 Å². The molecule has 2 heterocycles. The standard InChI is InChI=1S/C16H21NO6S/c1-11-3-4-13(22-2)14(7-11)24(20,21)17-8-12-5-6-23-10-16(12,9-17)15(18)19/h3-4,7,12H,5-6,8-10H2,1-2H3,(H,18,19)/t12-,16+/m0/s1. The first kappa shape index (κ1) is 17.2. The minimum absolute atomic E-state index is 0.0456. The van der Waals surface area contributed by atoms with Gasteiger partial charge in [-0.25, -0.2) is 8.42 Å². The van der Waals surface area contributed by atoms with Crippen LogP contribution < -0.4 is 4.74 Å². The molecule has 3 rings (SSSR count). The van der Waals surface area contributed by atoms with E-state index in [0.717, 1.165) is 5.56 Å². The van der Waals surface area contributed by atoms with Crippen LogP contribution in [0.2, 0.25) is 0 Å². The molecular formula is C16H21NO6S. The average molecular weight is 355 g/mol. The first-order valence-electron chi connectivity index (χ1n) is 7.77. The number of benzene rings is 1. The number of ether oxygens (including phenoxy) is 2. The Morgan fingerprint density at radius 2 is 2.21 bits per heavy atom. The van der Waals surface area contributed by atoms with Crippen LogP contribution in [0.1, 0.15) is 12.0 Å².